The van der Waals surface area contributed by atoms with Crippen molar-refractivity contribution < 1.29 is 21.8 Å². The Kier molecular flexibility index (Phi) is 8.01. The molecule has 10 heteroatoms. The van der Waals surface area contributed by atoms with Gasteiger partial charge in [0.2, 0.25) is 5.88 Å². The molecule has 1 aromatic rings. The number of rotatable bonds is 9. The Morgan fingerprint density at radius 2 is 1.85 bits per heavy atom. The molecule has 26 heavy (non-hydrogen) atoms. The summed E-state index contributed by atoms with van der Waals surface area (Å²) >= 11 is 2.00. The fraction of sp³-hybridized carbons (Fsp3) is 0.812. The van der Waals surface area contributed by atoms with Crippen molar-refractivity contribution in [2.75, 3.05) is 19.0 Å². The minimum absolute atomic E-state index is 0.0899. The van der Waals surface area contributed by atoms with Gasteiger partial charge in [-0.25, -0.2) is 4.68 Å². The molecule has 0 aliphatic heterocycles. The number of aromatic nitrogens is 2. The zero-order valence-corrected chi connectivity index (χ0v) is 20.9. The van der Waals surface area contributed by atoms with Gasteiger partial charge in [-0.05, 0) is 61.5 Å². The highest BCUT2D eigenvalue weighted by atomic mass is 127. The Morgan fingerprint density at radius 3 is 2.31 bits per heavy atom. The Labute approximate surface area is 172 Å². The van der Waals surface area contributed by atoms with Gasteiger partial charge in [0.15, 0.2) is 8.32 Å². The van der Waals surface area contributed by atoms with Gasteiger partial charge in [-0.2, -0.15) is 8.42 Å². The van der Waals surface area contributed by atoms with Gasteiger partial charge >= 0.3 is 10.1 Å². The Hall–Kier alpha value is -0.333. The number of hydrogen-bond donors (Lipinski definition) is 0. The molecule has 152 valence electrons. The fourth-order valence-electron chi connectivity index (χ4n) is 1.78. The number of ether oxygens (including phenoxy) is 1. The van der Waals surface area contributed by atoms with Crippen molar-refractivity contribution >= 4 is 41.0 Å². The van der Waals surface area contributed by atoms with E-state index in [0.717, 1.165) is 0 Å². The van der Waals surface area contributed by atoms with E-state index in [1.54, 1.807) is 4.68 Å². The van der Waals surface area contributed by atoms with Crippen molar-refractivity contribution in [3.8, 4) is 11.8 Å². The van der Waals surface area contributed by atoms with Crippen LogP contribution in [0.3, 0.4) is 0 Å². The van der Waals surface area contributed by atoms with E-state index in [1.807, 2.05) is 36.4 Å². The van der Waals surface area contributed by atoms with E-state index in [2.05, 4.69) is 39.0 Å². The van der Waals surface area contributed by atoms with Crippen LogP contribution in [0, 0.1) is 3.57 Å². The lowest BCUT2D eigenvalue weighted by Gasteiger charge is -2.37. The first-order valence-electron chi connectivity index (χ1n) is 8.72. The van der Waals surface area contributed by atoms with Gasteiger partial charge in [-0.1, -0.05) is 20.8 Å². The van der Waals surface area contributed by atoms with Crippen LogP contribution in [0.15, 0.2) is 0 Å². The van der Waals surface area contributed by atoms with E-state index in [0.29, 0.717) is 22.7 Å². The number of halogens is 1. The van der Waals surface area contributed by atoms with Crippen LogP contribution in [-0.2, 0) is 14.5 Å². The van der Waals surface area contributed by atoms with E-state index in [4.69, 9.17) is 13.3 Å². The molecule has 1 heterocycles. The van der Waals surface area contributed by atoms with Crippen molar-refractivity contribution in [3.63, 3.8) is 0 Å². The first-order valence-corrected chi connectivity index (χ1v) is 14.3. The van der Waals surface area contributed by atoms with E-state index < -0.39 is 18.4 Å². The molecule has 7 nitrogen and oxygen atoms in total. The predicted octanol–water partition coefficient (Wildman–Crippen LogP) is 4.20. The lowest BCUT2D eigenvalue weighted by atomic mass is 10.2. The SMILES string of the molecule is CCOc1nn([C@@H](C)CO[Si](C)(C)C(C)(C)C)c(OS(=O)(=O)CC)c1I. The van der Waals surface area contributed by atoms with Crippen LogP contribution < -0.4 is 8.92 Å². The first kappa shape index (κ1) is 23.7. The molecule has 1 aromatic heterocycles. The average molecular weight is 518 g/mol. The molecule has 0 aliphatic carbocycles. The molecule has 0 saturated carbocycles. The summed E-state index contributed by atoms with van der Waals surface area (Å²) in [5, 5.41) is 4.50. The Balaban J connectivity index is 3.15. The summed E-state index contributed by atoms with van der Waals surface area (Å²) in [6, 6.07) is -0.200. The van der Waals surface area contributed by atoms with Crippen molar-refractivity contribution in [1.29, 1.82) is 0 Å². The van der Waals surface area contributed by atoms with Crippen LogP contribution in [0.4, 0.5) is 0 Å². The molecule has 0 unspecified atom stereocenters. The third-order valence-corrected chi connectivity index (χ3v) is 11.1. The molecule has 0 radical (unpaired) electrons. The fourth-order valence-corrected chi connectivity index (χ4v) is 4.16. The van der Waals surface area contributed by atoms with Gasteiger partial charge < -0.3 is 13.3 Å². The Morgan fingerprint density at radius 1 is 1.27 bits per heavy atom. The number of hydrogen-bond acceptors (Lipinski definition) is 6. The summed E-state index contributed by atoms with van der Waals surface area (Å²) in [4.78, 5) is 0. The second kappa shape index (κ2) is 8.78. The van der Waals surface area contributed by atoms with Gasteiger partial charge in [-0.3, -0.25) is 0 Å². The molecule has 0 bridgehead atoms. The molecule has 0 amide bonds. The predicted molar refractivity (Wildman–Crippen MR) is 114 cm³/mol. The van der Waals surface area contributed by atoms with Crippen molar-refractivity contribution in [2.45, 2.75) is 65.7 Å². The van der Waals surface area contributed by atoms with Crippen molar-refractivity contribution in [1.82, 2.24) is 9.78 Å². The standard InChI is InChI=1S/C16H31IN2O5SSi/c1-9-22-14-13(17)15(24-25(20,21)10-2)19(18-14)12(3)11-23-26(7,8)16(4,5)6/h12H,9-11H2,1-8H3/t12-/m0/s1. The monoisotopic (exact) mass is 518 g/mol. The van der Waals surface area contributed by atoms with Gasteiger partial charge in [0.05, 0.1) is 25.0 Å². The third-order valence-electron chi connectivity index (χ3n) is 4.53. The average Bonchev–Trinajstić information content (AvgIpc) is 2.81. The van der Waals surface area contributed by atoms with Crippen LogP contribution in [0.5, 0.6) is 11.8 Å². The van der Waals surface area contributed by atoms with Gasteiger partial charge in [0, 0.05) is 0 Å². The molecule has 0 saturated heterocycles. The van der Waals surface area contributed by atoms with Gasteiger partial charge in [0.25, 0.3) is 5.88 Å². The maximum absolute atomic E-state index is 12.0. The van der Waals surface area contributed by atoms with E-state index >= 15 is 0 Å². The zero-order chi connectivity index (χ0) is 20.3. The highest BCUT2D eigenvalue weighted by Crippen LogP contribution is 2.38. The lowest BCUT2D eigenvalue weighted by Crippen LogP contribution is -2.42. The maximum atomic E-state index is 12.0. The molecule has 0 aromatic carbocycles. The van der Waals surface area contributed by atoms with E-state index in [-0.39, 0.29) is 22.7 Å². The van der Waals surface area contributed by atoms with Crippen LogP contribution in [-0.4, -0.2) is 45.5 Å². The lowest BCUT2D eigenvalue weighted by molar-refractivity contribution is 0.221. The van der Waals surface area contributed by atoms with Crippen LogP contribution in [0.25, 0.3) is 0 Å². The van der Waals surface area contributed by atoms with E-state index in [1.165, 1.54) is 6.92 Å². The summed E-state index contributed by atoms with van der Waals surface area (Å²) < 4.78 is 43.1. The third kappa shape index (κ3) is 5.83. The van der Waals surface area contributed by atoms with Gasteiger partial charge in [-0.15, -0.1) is 5.10 Å². The quantitative estimate of drug-likeness (QED) is 0.277. The second-order valence-electron chi connectivity index (χ2n) is 7.65. The largest absolute Gasteiger partial charge is 0.476 e. The van der Waals surface area contributed by atoms with Crippen molar-refractivity contribution in [2.24, 2.45) is 0 Å². The smallest absolute Gasteiger partial charge is 0.310 e. The molecule has 1 rings (SSSR count). The topological polar surface area (TPSA) is 79.7 Å². The highest BCUT2D eigenvalue weighted by Gasteiger charge is 2.38. The molecule has 0 N–H and O–H groups in total. The van der Waals surface area contributed by atoms with Crippen LogP contribution in [0.1, 0.15) is 47.6 Å². The summed E-state index contributed by atoms with van der Waals surface area (Å²) in [5.74, 6) is 0.434. The summed E-state index contributed by atoms with van der Waals surface area (Å²) in [6.45, 7) is 17.1. The highest BCUT2D eigenvalue weighted by molar-refractivity contribution is 14.1. The molecule has 1 atom stereocenters. The van der Waals surface area contributed by atoms with Crippen LogP contribution >= 0.6 is 22.6 Å². The summed E-state index contributed by atoms with van der Waals surface area (Å²) in [5.41, 5.74) is 0. The molecule has 0 spiro atoms. The molecule has 0 aliphatic rings. The summed E-state index contributed by atoms with van der Waals surface area (Å²) in [6.07, 6.45) is 0. The molecule has 0 fully saturated rings. The Bertz CT molecular complexity index is 713. The molecular formula is C16H31IN2O5SSi. The second-order valence-corrected chi connectivity index (χ2v) is 15.4. The van der Waals surface area contributed by atoms with Crippen molar-refractivity contribution in [3.05, 3.63) is 3.57 Å². The zero-order valence-electron chi connectivity index (χ0n) is 16.9. The molecular weight excluding hydrogens is 487 g/mol. The number of nitrogens with zero attached hydrogens (tertiary/aromatic N) is 2. The normalized spacial score (nSPS) is 14.3. The van der Waals surface area contributed by atoms with Gasteiger partial charge in [0.1, 0.15) is 3.57 Å². The minimum Gasteiger partial charge on any atom is -0.476 e. The first-order chi connectivity index (χ1) is 11.8. The van der Waals surface area contributed by atoms with Crippen LogP contribution in [0.2, 0.25) is 18.1 Å². The maximum Gasteiger partial charge on any atom is 0.310 e. The minimum atomic E-state index is -3.67. The van der Waals surface area contributed by atoms with E-state index in [9.17, 15) is 8.42 Å². The summed E-state index contributed by atoms with van der Waals surface area (Å²) in [7, 11) is -5.60.